The molecule has 2 rings (SSSR count). The second-order valence-electron chi connectivity index (χ2n) is 4.89. The van der Waals surface area contributed by atoms with Crippen molar-refractivity contribution in [2.45, 2.75) is 45.7 Å². The summed E-state index contributed by atoms with van der Waals surface area (Å²) in [6.07, 6.45) is 5.77. The zero-order valence-electron chi connectivity index (χ0n) is 10.9. The second kappa shape index (κ2) is 6.01. The summed E-state index contributed by atoms with van der Waals surface area (Å²) in [6, 6.07) is 4.99. The van der Waals surface area contributed by atoms with Crippen LogP contribution >= 0.6 is 0 Å². The van der Waals surface area contributed by atoms with Crippen LogP contribution in [0.4, 0.5) is 5.82 Å². The van der Waals surface area contributed by atoms with Gasteiger partial charge in [0.2, 0.25) is 0 Å². The van der Waals surface area contributed by atoms with Gasteiger partial charge in [0.15, 0.2) is 0 Å². The van der Waals surface area contributed by atoms with Crippen molar-refractivity contribution in [3.63, 3.8) is 0 Å². The van der Waals surface area contributed by atoms with Crippen molar-refractivity contribution in [3.8, 4) is 0 Å². The third kappa shape index (κ3) is 3.19. The molecule has 1 saturated heterocycles. The van der Waals surface area contributed by atoms with E-state index in [1.807, 2.05) is 6.20 Å². The zero-order chi connectivity index (χ0) is 12.1. The van der Waals surface area contributed by atoms with E-state index in [0.29, 0.717) is 6.04 Å². The molecule has 1 fully saturated rings. The number of hydrogen-bond donors (Lipinski definition) is 1. The highest BCUT2D eigenvalue weighted by atomic mass is 15.2. The molecule has 3 heteroatoms. The first-order chi connectivity index (χ1) is 8.31. The molecule has 0 aromatic carbocycles. The summed E-state index contributed by atoms with van der Waals surface area (Å²) < 4.78 is 0. The predicted octanol–water partition coefficient (Wildman–Crippen LogP) is 2.57. The first-order valence-corrected chi connectivity index (χ1v) is 6.73. The number of aromatic nitrogens is 1. The summed E-state index contributed by atoms with van der Waals surface area (Å²) in [5.41, 5.74) is 1.27. The van der Waals surface area contributed by atoms with Gasteiger partial charge < -0.3 is 10.2 Å². The van der Waals surface area contributed by atoms with Crippen molar-refractivity contribution in [1.29, 1.82) is 0 Å². The van der Waals surface area contributed by atoms with Crippen molar-refractivity contribution < 1.29 is 0 Å². The Balaban J connectivity index is 1.93. The highest BCUT2D eigenvalue weighted by Crippen LogP contribution is 2.23. The van der Waals surface area contributed by atoms with Crippen molar-refractivity contribution in [2.24, 2.45) is 0 Å². The van der Waals surface area contributed by atoms with Crippen molar-refractivity contribution >= 4 is 5.82 Å². The molecule has 0 spiro atoms. The monoisotopic (exact) mass is 233 g/mol. The fourth-order valence-corrected chi connectivity index (χ4v) is 2.37. The van der Waals surface area contributed by atoms with E-state index in [0.717, 1.165) is 25.5 Å². The number of nitrogens with zero attached hydrogens (tertiary/aromatic N) is 2. The fraction of sp³-hybridized carbons (Fsp3) is 0.643. The minimum atomic E-state index is 0.645. The van der Waals surface area contributed by atoms with E-state index < -0.39 is 0 Å². The molecule has 1 aromatic heterocycles. The van der Waals surface area contributed by atoms with Crippen molar-refractivity contribution in [3.05, 3.63) is 23.9 Å². The molecule has 0 bridgehead atoms. The highest BCUT2D eigenvalue weighted by Gasteiger charge is 2.20. The van der Waals surface area contributed by atoms with Crippen LogP contribution in [0.5, 0.6) is 0 Å². The summed E-state index contributed by atoms with van der Waals surface area (Å²) in [5.74, 6) is 1.13. The Kier molecular flexibility index (Phi) is 4.37. The molecule has 1 aliphatic heterocycles. The smallest absolute Gasteiger partial charge is 0.128 e. The number of pyridine rings is 1. The van der Waals surface area contributed by atoms with Crippen LogP contribution in [0.25, 0.3) is 0 Å². The molecule has 1 N–H and O–H groups in total. The van der Waals surface area contributed by atoms with Crippen LogP contribution in [0.15, 0.2) is 18.3 Å². The number of rotatable bonds is 5. The van der Waals surface area contributed by atoms with Gasteiger partial charge in [0.05, 0.1) is 0 Å². The quantitative estimate of drug-likeness (QED) is 0.792. The van der Waals surface area contributed by atoms with Gasteiger partial charge >= 0.3 is 0 Å². The van der Waals surface area contributed by atoms with Gasteiger partial charge in [-0.1, -0.05) is 13.0 Å². The van der Waals surface area contributed by atoms with E-state index in [-0.39, 0.29) is 0 Å². The van der Waals surface area contributed by atoms with Gasteiger partial charge in [-0.05, 0) is 44.4 Å². The van der Waals surface area contributed by atoms with Crippen LogP contribution in [0.2, 0.25) is 0 Å². The van der Waals surface area contributed by atoms with Crippen LogP contribution < -0.4 is 10.2 Å². The largest absolute Gasteiger partial charge is 0.354 e. The summed E-state index contributed by atoms with van der Waals surface area (Å²) in [5, 5.41) is 3.40. The topological polar surface area (TPSA) is 28.2 Å². The standard InChI is InChI=1S/C14H23N3/c1-3-8-15-10-13-6-7-14(16-11-13)17-9-4-5-12(17)2/h6-7,11-12,15H,3-5,8-10H2,1-2H3. The Labute approximate surface area is 104 Å². The molecular formula is C14H23N3. The maximum absolute atomic E-state index is 4.58. The lowest BCUT2D eigenvalue weighted by Crippen LogP contribution is -2.27. The third-order valence-corrected chi connectivity index (χ3v) is 3.41. The molecule has 0 aliphatic carbocycles. The molecule has 1 aromatic rings. The minimum absolute atomic E-state index is 0.645. The first-order valence-electron chi connectivity index (χ1n) is 6.73. The van der Waals surface area contributed by atoms with Gasteiger partial charge in [-0.25, -0.2) is 4.98 Å². The Morgan fingerprint density at radius 3 is 2.94 bits per heavy atom. The maximum atomic E-state index is 4.58. The number of nitrogens with one attached hydrogen (secondary N) is 1. The average molecular weight is 233 g/mol. The van der Waals surface area contributed by atoms with Crippen LogP contribution in [0.3, 0.4) is 0 Å². The van der Waals surface area contributed by atoms with Crippen LogP contribution in [-0.4, -0.2) is 24.1 Å². The van der Waals surface area contributed by atoms with E-state index in [2.05, 4.69) is 41.2 Å². The van der Waals surface area contributed by atoms with Gasteiger partial charge in [-0.15, -0.1) is 0 Å². The van der Waals surface area contributed by atoms with Crippen LogP contribution in [0, 0.1) is 0 Å². The van der Waals surface area contributed by atoms with E-state index >= 15 is 0 Å². The molecule has 1 aliphatic rings. The van der Waals surface area contributed by atoms with E-state index in [1.54, 1.807) is 0 Å². The molecule has 94 valence electrons. The summed E-state index contributed by atoms with van der Waals surface area (Å²) in [4.78, 5) is 6.98. The maximum Gasteiger partial charge on any atom is 0.128 e. The SMILES string of the molecule is CCCNCc1ccc(N2CCCC2C)nc1. The molecule has 17 heavy (non-hydrogen) atoms. The predicted molar refractivity (Wildman–Crippen MR) is 72.3 cm³/mol. The molecule has 3 nitrogen and oxygen atoms in total. The highest BCUT2D eigenvalue weighted by molar-refractivity contribution is 5.41. The molecule has 2 heterocycles. The molecular weight excluding hydrogens is 210 g/mol. The van der Waals surface area contributed by atoms with Gasteiger partial charge in [-0.3, -0.25) is 0 Å². The third-order valence-electron chi connectivity index (χ3n) is 3.41. The normalized spacial score (nSPS) is 19.9. The Morgan fingerprint density at radius 1 is 1.47 bits per heavy atom. The van der Waals surface area contributed by atoms with Crippen LogP contribution in [-0.2, 0) is 6.54 Å². The minimum Gasteiger partial charge on any atom is -0.354 e. The van der Waals surface area contributed by atoms with Gasteiger partial charge in [0, 0.05) is 25.3 Å². The van der Waals surface area contributed by atoms with E-state index in [4.69, 9.17) is 0 Å². The van der Waals surface area contributed by atoms with Gasteiger partial charge in [-0.2, -0.15) is 0 Å². The molecule has 1 atom stereocenters. The Hall–Kier alpha value is -1.09. The van der Waals surface area contributed by atoms with Crippen molar-refractivity contribution in [1.82, 2.24) is 10.3 Å². The van der Waals surface area contributed by atoms with E-state index in [1.165, 1.54) is 24.8 Å². The van der Waals surface area contributed by atoms with Gasteiger partial charge in [0.25, 0.3) is 0 Å². The lowest BCUT2D eigenvalue weighted by Gasteiger charge is -2.22. The fourth-order valence-electron chi connectivity index (χ4n) is 2.37. The molecule has 0 saturated carbocycles. The second-order valence-corrected chi connectivity index (χ2v) is 4.89. The Bertz CT molecular complexity index is 334. The summed E-state index contributed by atoms with van der Waals surface area (Å²) >= 11 is 0. The lowest BCUT2D eigenvalue weighted by molar-refractivity contribution is 0.673. The van der Waals surface area contributed by atoms with Crippen molar-refractivity contribution in [2.75, 3.05) is 18.0 Å². The lowest BCUT2D eigenvalue weighted by atomic mass is 10.2. The first kappa shape index (κ1) is 12.4. The van der Waals surface area contributed by atoms with E-state index in [9.17, 15) is 0 Å². The molecule has 0 amide bonds. The Morgan fingerprint density at radius 2 is 2.35 bits per heavy atom. The molecule has 1 unspecified atom stereocenters. The van der Waals surface area contributed by atoms with Crippen LogP contribution in [0.1, 0.15) is 38.7 Å². The summed E-state index contributed by atoms with van der Waals surface area (Å²) in [7, 11) is 0. The van der Waals surface area contributed by atoms with Gasteiger partial charge in [0.1, 0.15) is 5.82 Å². The summed E-state index contributed by atoms with van der Waals surface area (Å²) in [6.45, 7) is 7.62. The number of hydrogen-bond acceptors (Lipinski definition) is 3. The number of anilines is 1. The average Bonchev–Trinajstić information content (AvgIpc) is 2.77. The zero-order valence-corrected chi connectivity index (χ0v) is 10.9. The molecule has 0 radical (unpaired) electrons.